The van der Waals surface area contributed by atoms with Crippen molar-refractivity contribution in [3.8, 4) is 17.2 Å². The van der Waals surface area contributed by atoms with Crippen molar-refractivity contribution in [2.45, 2.75) is 19.6 Å². The molecular formula is C30H25N3O5. The van der Waals surface area contributed by atoms with E-state index < -0.39 is 6.10 Å². The molecule has 0 radical (unpaired) electrons. The Morgan fingerprint density at radius 2 is 1.71 bits per heavy atom. The zero-order chi connectivity index (χ0) is 26.4. The van der Waals surface area contributed by atoms with Crippen LogP contribution in [-0.2, 0) is 11.3 Å². The number of benzene rings is 3. The minimum absolute atomic E-state index is 0.0855. The van der Waals surface area contributed by atoms with E-state index in [0.717, 1.165) is 38.3 Å². The van der Waals surface area contributed by atoms with Gasteiger partial charge in [0, 0.05) is 34.3 Å². The van der Waals surface area contributed by atoms with Crippen molar-refractivity contribution >= 4 is 44.0 Å². The summed E-state index contributed by atoms with van der Waals surface area (Å²) < 4.78 is 18.3. The molecule has 0 aliphatic rings. The highest BCUT2D eigenvalue weighted by Crippen LogP contribution is 2.34. The number of hydrogen-bond acceptors (Lipinski definition) is 6. The van der Waals surface area contributed by atoms with Crippen molar-refractivity contribution in [2.24, 2.45) is 0 Å². The highest BCUT2D eigenvalue weighted by Gasteiger charge is 2.20. The molecule has 1 N–H and O–H groups in total. The average molecular weight is 508 g/mol. The summed E-state index contributed by atoms with van der Waals surface area (Å²) in [6.07, 6.45) is 1.02. The summed E-state index contributed by atoms with van der Waals surface area (Å²) in [6, 6.07) is 20.4. The normalized spacial score (nSPS) is 12.3. The molecule has 0 aliphatic heterocycles. The first kappa shape index (κ1) is 23.5. The lowest BCUT2D eigenvalue weighted by atomic mass is 10.1. The minimum Gasteiger partial charge on any atom is -0.493 e. The molecule has 0 unspecified atom stereocenters. The molecule has 0 aliphatic carbocycles. The van der Waals surface area contributed by atoms with Gasteiger partial charge in [-0.3, -0.25) is 19.0 Å². The largest absolute Gasteiger partial charge is 0.493 e. The van der Waals surface area contributed by atoms with Gasteiger partial charge in [0.2, 0.25) is 0 Å². The predicted octanol–water partition coefficient (Wildman–Crippen LogP) is 4.69. The van der Waals surface area contributed by atoms with E-state index in [1.165, 1.54) is 0 Å². The Bertz CT molecular complexity index is 1900. The van der Waals surface area contributed by atoms with E-state index in [1.807, 2.05) is 54.6 Å². The first-order valence-corrected chi connectivity index (χ1v) is 12.2. The molecule has 38 heavy (non-hydrogen) atoms. The first-order chi connectivity index (χ1) is 18.5. The third-order valence-electron chi connectivity index (χ3n) is 6.86. The van der Waals surface area contributed by atoms with E-state index in [9.17, 15) is 9.59 Å². The predicted molar refractivity (Wildman–Crippen MR) is 147 cm³/mol. The molecule has 0 bridgehead atoms. The van der Waals surface area contributed by atoms with Crippen molar-refractivity contribution in [1.29, 1.82) is 0 Å². The maximum Gasteiger partial charge on any atom is 0.263 e. The van der Waals surface area contributed by atoms with Crippen LogP contribution in [0, 0.1) is 0 Å². The molecule has 0 saturated carbocycles. The van der Waals surface area contributed by atoms with E-state index in [-0.39, 0.29) is 11.5 Å². The molecule has 0 spiro atoms. The second-order valence-corrected chi connectivity index (χ2v) is 9.09. The molecule has 0 saturated heterocycles. The third kappa shape index (κ3) is 3.73. The fourth-order valence-corrected chi connectivity index (χ4v) is 5.00. The molecule has 3 aromatic heterocycles. The standard InChI is InChI=1S/C30H25N3O5/c1-17(29(34)32-16-18-8-11-25(36-2)26(14-18)37-3)38-19-9-10-24-23(15-19)21-12-13-31-27-20-6-4-5-7-22(20)30(35)33(24)28(21)27/h4-15,17H,16H2,1-3H3,(H,32,34)/t17-/m0/s1. The highest BCUT2D eigenvalue weighted by atomic mass is 16.5. The molecule has 3 aromatic carbocycles. The summed E-state index contributed by atoms with van der Waals surface area (Å²) in [7, 11) is 3.15. The maximum absolute atomic E-state index is 13.4. The van der Waals surface area contributed by atoms with Crippen molar-refractivity contribution in [3.63, 3.8) is 0 Å². The highest BCUT2D eigenvalue weighted by molar-refractivity contribution is 6.18. The van der Waals surface area contributed by atoms with Gasteiger partial charge in [0.15, 0.2) is 17.6 Å². The van der Waals surface area contributed by atoms with Crippen LogP contribution in [0.5, 0.6) is 17.2 Å². The molecular weight excluding hydrogens is 482 g/mol. The number of ether oxygens (including phenoxy) is 3. The fraction of sp³-hybridized carbons (Fsp3) is 0.167. The second-order valence-electron chi connectivity index (χ2n) is 9.09. The molecule has 0 fully saturated rings. The first-order valence-electron chi connectivity index (χ1n) is 12.2. The van der Waals surface area contributed by atoms with Gasteiger partial charge >= 0.3 is 0 Å². The van der Waals surface area contributed by atoms with E-state index in [2.05, 4.69) is 10.3 Å². The summed E-state index contributed by atoms with van der Waals surface area (Å²) in [4.78, 5) is 30.8. The van der Waals surface area contributed by atoms with Crippen molar-refractivity contribution in [1.82, 2.24) is 14.7 Å². The van der Waals surface area contributed by atoms with Gasteiger partial charge in [0.05, 0.1) is 30.8 Å². The summed E-state index contributed by atoms with van der Waals surface area (Å²) in [5, 5.41) is 6.12. The Morgan fingerprint density at radius 3 is 2.50 bits per heavy atom. The van der Waals surface area contributed by atoms with Crippen LogP contribution in [0.4, 0.5) is 0 Å². The monoisotopic (exact) mass is 507 g/mol. The van der Waals surface area contributed by atoms with E-state index in [4.69, 9.17) is 14.2 Å². The number of nitrogens with one attached hydrogen (secondary N) is 1. The van der Waals surface area contributed by atoms with Crippen molar-refractivity contribution in [2.75, 3.05) is 14.2 Å². The zero-order valence-corrected chi connectivity index (χ0v) is 21.1. The topological polar surface area (TPSA) is 91.2 Å². The smallest absolute Gasteiger partial charge is 0.263 e. The van der Waals surface area contributed by atoms with Crippen molar-refractivity contribution in [3.05, 3.63) is 88.8 Å². The Morgan fingerprint density at radius 1 is 0.921 bits per heavy atom. The number of nitrogens with zero attached hydrogens (tertiary/aromatic N) is 2. The Hall–Kier alpha value is -4.85. The number of fused-ring (bicyclic) bond motifs is 5. The number of carbonyl (C=O) groups excluding carboxylic acids is 1. The summed E-state index contributed by atoms with van der Waals surface area (Å²) >= 11 is 0. The average Bonchev–Trinajstić information content (AvgIpc) is 3.29. The molecule has 1 atom stereocenters. The number of amides is 1. The zero-order valence-electron chi connectivity index (χ0n) is 21.1. The van der Waals surface area contributed by atoms with E-state index in [0.29, 0.717) is 29.2 Å². The molecule has 6 rings (SSSR count). The van der Waals surface area contributed by atoms with E-state index >= 15 is 0 Å². The molecule has 190 valence electrons. The van der Waals surface area contributed by atoms with Gasteiger partial charge in [-0.25, -0.2) is 0 Å². The Balaban J connectivity index is 1.29. The fourth-order valence-electron chi connectivity index (χ4n) is 5.00. The van der Waals surface area contributed by atoms with Gasteiger partial charge in [0.25, 0.3) is 11.5 Å². The lowest BCUT2D eigenvalue weighted by Gasteiger charge is -2.15. The van der Waals surface area contributed by atoms with Crippen LogP contribution in [0.2, 0.25) is 0 Å². The quantitative estimate of drug-likeness (QED) is 0.315. The number of methoxy groups -OCH3 is 2. The molecule has 8 heteroatoms. The summed E-state index contributed by atoms with van der Waals surface area (Å²) in [6.45, 7) is 2.02. The van der Waals surface area contributed by atoms with Gasteiger partial charge in [-0.15, -0.1) is 0 Å². The van der Waals surface area contributed by atoms with Crippen LogP contribution in [0.25, 0.3) is 38.1 Å². The van der Waals surface area contributed by atoms with Crippen LogP contribution in [0.15, 0.2) is 77.7 Å². The van der Waals surface area contributed by atoms with Gasteiger partial charge in [-0.05, 0) is 55.0 Å². The van der Waals surface area contributed by atoms with Gasteiger partial charge in [-0.1, -0.05) is 24.3 Å². The van der Waals surface area contributed by atoms with Crippen LogP contribution >= 0.6 is 0 Å². The van der Waals surface area contributed by atoms with Gasteiger partial charge in [0.1, 0.15) is 5.75 Å². The van der Waals surface area contributed by atoms with Gasteiger partial charge in [-0.2, -0.15) is 0 Å². The number of aromatic nitrogens is 2. The Kier molecular flexibility index (Phi) is 5.72. The second kappa shape index (κ2) is 9.23. The molecule has 3 heterocycles. The van der Waals surface area contributed by atoms with Crippen LogP contribution in [-0.4, -0.2) is 35.6 Å². The van der Waals surface area contributed by atoms with Crippen LogP contribution < -0.4 is 25.1 Å². The summed E-state index contributed by atoms with van der Waals surface area (Å²) in [5.41, 5.74) is 3.12. The molecule has 1 amide bonds. The molecule has 8 nitrogen and oxygen atoms in total. The number of hydrogen-bond donors (Lipinski definition) is 1. The van der Waals surface area contributed by atoms with Crippen LogP contribution in [0.1, 0.15) is 12.5 Å². The number of pyridine rings is 2. The van der Waals surface area contributed by atoms with Gasteiger partial charge < -0.3 is 19.5 Å². The lowest BCUT2D eigenvalue weighted by molar-refractivity contribution is -0.127. The number of carbonyl (C=O) groups is 1. The minimum atomic E-state index is -0.736. The summed E-state index contributed by atoms with van der Waals surface area (Å²) in [5.74, 6) is 1.50. The Labute approximate surface area is 217 Å². The maximum atomic E-state index is 13.4. The van der Waals surface area contributed by atoms with E-state index in [1.54, 1.807) is 43.9 Å². The molecule has 6 aromatic rings. The van der Waals surface area contributed by atoms with Crippen LogP contribution in [0.3, 0.4) is 0 Å². The third-order valence-corrected chi connectivity index (χ3v) is 6.86. The van der Waals surface area contributed by atoms with Crippen molar-refractivity contribution < 1.29 is 19.0 Å². The SMILES string of the molecule is COc1ccc(CNC(=O)[C@H](C)Oc2ccc3c(c2)c2ccnc4c5ccccc5c(=O)n3c24)cc1OC. The number of rotatable bonds is 7. The lowest BCUT2D eigenvalue weighted by Crippen LogP contribution is -2.35.